The van der Waals surface area contributed by atoms with Crippen molar-refractivity contribution in [1.29, 1.82) is 0 Å². The second-order valence-corrected chi connectivity index (χ2v) is 6.17. The topological polar surface area (TPSA) is 109 Å². The third-order valence-electron chi connectivity index (χ3n) is 3.52. The lowest BCUT2D eigenvalue weighted by Crippen LogP contribution is -2.24. The number of ether oxygens (including phenoxy) is 2. The maximum Gasteiger partial charge on any atom is 0.249 e. The van der Waals surface area contributed by atoms with Crippen LogP contribution in [0.4, 0.5) is 5.69 Å². The number of carbonyl (C=O) groups is 2. The molecule has 0 spiro atoms. The molecule has 2 rings (SSSR count). The highest BCUT2D eigenvalue weighted by Gasteiger charge is 2.10. The summed E-state index contributed by atoms with van der Waals surface area (Å²) in [6, 6.07) is 9.81. The van der Waals surface area contributed by atoms with Crippen LogP contribution in [-0.2, 0) is 9.59 Å². The Morgan fingerprint density at radius 2 is 1.79 bits per heavy atom. The molecule has 0 saturated heterocycles. The molecule has 0 heterocycles. The summed E-state index contributed by atoms with van der Waals surface area (Å²) in [7, 11) is 0. The van der Waals surface area contributed by atoms with E-state index in [4.69, 9.17) is 21.1 Å². The van der Waals surface area contributed by atoms with Gasteiger partial charge in [-0.05, 0) is 55.8 Å². The normalized spacial score (nSPS) is 10.6. The van der Waals surface area contributed by atoms with Crippen LogP contribution in [0.25, 0.3) is 0 Å². The quantitative estimate of drug-likeness (QED) is 0.328. The summed E-state index contributed by atoms with van der Waals surface area (Å²) < 4.78 is 10.6. The average molecular weight is 420 g/mol. The minimum absolute atomic E-state index is 0.0958. The highest BCUT2D eigenvalue weighted by molar-refractivity contribution is 6.32. The van der Waals surface area contributed by atoms with Crippen LogP contribution in [0.5, 0.6) is 17.2 Å². The molecule has 0 radical (unpaired) electrons. The summed E-state index contributed by atoms with van der Waals surface area (Å²) in [4.78, 5) is 23.8. The molecule has 3 N–H and O–H groups in total. The number of phenolic OH excluding ortho intramolecular Hbond substituents is 1. The maximum atomic E-state index is 11.9. The Hall–Kier alpha value is -3.26. The molecule has 8 nitrogen and oxygen atoms in total. The Morgan fingerprint density at radius 3 is 2.45 bits per heavy atom. The third-order valence-corrected chi connectivity index (χ3v) is 3.81. The number of halogens is 1. The number of hydrogen-bond acceptors (Lipinski definition) is 6. The number of amides is 2. The smallest absolute Gasteiger partial charge is 0.249 e. The maximum absolute atomic E-state index is 11.9. The van der Waals surface area contributed by atoms with Crippen LogP contribution in [0.2, 0.25) is 5.02 Å². The van der Waals surface area contributed by atoms with E-state index in [-0.39, 0.29) is 16.5 Å². The lowest BCUT2D eigenvalue weighted by Gasteiger charge is -2.08. The molecule has 29 heavy (non-hydrogen) atoms. The Morgan fingerprint density at radius 1 is 1.10 bits per heavy atom. The summed E-state index contributed by atoms with van der Waals surface area (Å²) in [5, 5.41) is 16.3. The molecule has 2 amide bonds. The van der Waals surface area contributed by atoms with Crippen LogP contribution in [-0.4, -0.2) is 36.3 Å². The van der Waals surface area contributed by atoms with E-state index < -0.39 is 18.2 Å². The number of hydrogen-bond donors (Lipinski definition) is 3. The number of phenols is 1. The van der Waals surface area contributed by atoms with Crippen LogP contribution >= 0.6 is 11.6 Å². The van der Waals surface area contributed by atoms with Gasteiger partial charge in [-0.2, -0.15) is 5.10 Å². The van der Waals surface area contributed by atoms with Gasteiger partial charge in [0.25, 0.3) is 0 Å². The van der Waals surface area contributed by atoms with E-state index in [2.05, 4.69) is 15.8 Å². The van der Waals surface area contributed by atoms with Crippen LogP contribution in [0, 0.1) is 0 Å². The summed E-state index contributed by atoms with van der Waals surface area (Å²) in [5.74, 6) is -0.324. The Bertz CT molecular complexity index is 884. The number of aromatic hydroxyl groups is 1. The van der Waals surface area contributed by atoms with Crippen LogP contribution in [0.3, 0.4) is 0 Å². The monoisotopic (exact) mass is 419 g/mol. The van der Waals surface area contributed by atoms with Gasteiger partial charge in [-0.15, -0.1) is 0 Å². The highest BCUT2D eigenvalue weighted by atomic mass is 35.5. The van der Waals surface area contributed by atoms with E-state index in [0.717, 1.165) is 0 Å². The summed E-state index contributed by atoms with van der Waals surface area (Å²) in [5.41, 5.74) is 3.32. The molecular weight excluding hydrogens is 398 g/mol. The van der Waals surface area contributed by atoms with Crippen LogP contribution in [0.15, 0.2) is 41.5 Å². The fourth-order valence-corrected chi connectivity index (χ4v) is 2.52. The van der Waals surface area contributed by atoms with Crippen molar-refractivity contribution in [3.63, 3.8) is 0 Å². The number of anilines is 1. The molecule has 0 bridgehead atoms. The molecule has 0 aliphatic carbocycles. The number of benzene rings is 2. The minimum Gasteiger partial charge on any atom is -0.503 e. The van der Waals surface area contributed by atoms with Crippen molar-refractivity contribution in [2.75, 3.05) is 18.5 Å². The van der Waals surface area contributed by atoms with E-state index in [1.54, 1.807) is 31.2 Å². The van der Waals surface area contributed by atoms with Crippen molar-refractivity contribution in [1.82, 2.24) is 5.43 Å². The van der Waals surface area contributed by atoms with Gasteiger partial charge in [-0.1, -0.05) is 11.6 Å². The first kappa shape index (κ1) is 22.0. The SMILES string of the molecule is CCOc1ccc(NC(=O)CC(=O)N/N=C/c2cc(Cl)c(O)c(OCC)c2)cc1. The zero-order valence-electron chi connectivity index (χ0n) is 16.1. The Labute approximate surface area is 173 Å². The minimum atomic E-state index is -0.584. The zero-order valence-corrected chi connectivity index (χ0v) is 16.8. The lowest BCUT2D eigenvalue weighted by molar-refractivity contribution is -0.126. The van der Waals surface area contributed by atoms with E-state index in [0.29, 0.717) is 30.2 Å². The second-order valence-electron chi connectivity index (χ2n) is 5.76. The molecule has 0 saturated carbocycles. The first-order valence-corrected chi connectivity index (χ1v) is 9.30. The van der Waals surface area contributed by atoms with Gasteiger partial charge in [0.1, 0.15) is 12.2 Å². The van der Waals surface area contributed by atoms with Gasteiger partial charge >= 0.3 is 0 Å². The van der Waals surface area contributed by atoms with Gasteiger partial charge in [0.2, 0.25) is 11.8 Å². The summed E-state index contributed by atoms with van der Waals surface area (Å²) in [6.07, 6.45) is 0.932. The van der Waals surface area contributed by atoms with Gasteiger partial charge in [-0.25, -0.2) is 5.43 Å². The van der Waals surface area contributed by atoms with E-state index >= 15 is 0 Å². The summed E-state index contributed by atoms with van der Waals surface area (Å²) in [6.45, 7) is 4.55. The van der Waals surface area contributed by atoms with E-state index in [1.165, 1.54) is 18.3 Å². The first-order chi connectivity index (χ1) is 13.9. The zero-order chi connectivity index (χ0) is 21.2. The molecule has 0 aliphatic heterocycles. The first-order valence-electron chi connectivity index (χ1n) is 8.92. The third kappa shape index (κ3) is 7.00. The fraction of sp³-hybridized carbons (Fsp3) is 0.250. The van der Waals surface area contributed by atoms with E-state index in [9.17, 15) is 14.7 Å². The number of rotatable bonds is 9. The molecule has 0 aliphatic rings. The second kappa shape index (κ2) is 10.9. The molecule has 2 aromatic rings. The van der Waals surface area contributed by atoms with Crippen molar-refractivity contribution < 1.29 is 24.2 Å². The van der Waals surface area contributed by atoms with Crippen molar-refractivity contribution in [3.8, 4) is 17.2 Å². The average Bonchev–Trinajstić information content (AvgIpc) is 2.67. The van der Waals surface area contributed by atoms with Crippen molar-refractivity contribution in [2.45, 2.75) is 20.3 Å². The van der Waals surface area contributed by atoms with Gasteiger partial charge in [0.15, 0.2) is 11.5 Å². The Balaban J connectivity index is 1.86. The molecule has 2 aromatic carbocycles. The molecule has 0 fully saturated rings. The molecule has 154 valence electrons. The molecule has 0 atom stereocenters. The van der Waals surface area contributed by atoms with Crippen molar-refractivity contribution in [3.05, 3.63) is 47.0 Å². The highest BCUT2D eigenvalue weighted by Crippen LogP contribution is 2.34. The number of nitrogens with zero attached hydrogens (tertiary/aromatic N) is 1. The van der Waals surface area contributed by atoms with Crippen LogP contribution in [0.1, 0.15) is 25.8 Å². The van der Waals surface area contributed by atoms with Gasteiger partial charge in [-0.3, -0.25) is 9.59 Å². The van der Waals surface area contributed by atoms with Gasteiger partial charge < -0.3 is 19.9 Å². The van der Waals surface area contributed by atoms with Crippen molar-refractivity contribution >= 4 is 35.3 Å². The molecular formula is C20H22ClN3O5. The fourth-order valence-electron chi connectivity index (χ4n) is 2.30. The van der Waals surface area contributed by atoms with Crippen LogP contribution < -0.4 is 20.2 Å². The Kier molecular flexibility index (Phi) is 8.29. The predicted molar refractivity (Wildman–Crippen MR) is 111 cm³/mol. The molecule has 0 unspecified atom stereocenters. The number of nitrogens with one attached hydrogen (secondary N) is 2. The predicted octanol–water partition coefficient (Wildman–Crippen LogP) is 3.32. The lowest BCUT2D eigenvalue weighted by atomic mass is 10.2. The molecule has 0 aromatic heterocycles. The summed E-state index contributed by atoms with van der Waals surface area (Å²) >= 11 is 5.93. The van der Waals surface area contributed by atoms with Gasteiger partial charge in [0.05, 0.1) is 24.5 Å². The van der Waals surface area contributed by atoms with Crippen molar-refractivity contribution in [2.24, 2.45) is 5.10 Å². The standard InChI is InChI=1S/C20H22ClN3O5/c1-3-28-15-7-5-14(6-8-15)23-18(25)11-19(26)24-22-12-13-9-16(21)20(27)17(10-13)29-4-2/h5-10,12,27H,3-4,11H2,1-2H3,(H,23,25)(H,24,26)/b22-12+. The largest absolute Gasteiger partial charge is 0.503 e. The van der Waals surface area contributed by atoms with Gasteiger partial charge in [0, 0.05) is 5.69 Å². The number of carbonyl (C=O) groups excluding carboxylic acids is 2. The number of hydrazone groups is 1. The van der Waals surface area contributed by atoms with E-state index in [1.807, 2.05) is 6.92 Å². The molecule has 9 heteroatoms.